The summed E-state index contributed by atoms with van der Waals surface area (Å²) in [6.07, 6.45) is 2.31. The van der Waals surface area contributed by atoms with Crippen molar-refractivity contribution < 1.29 is 9.53 Å². The van der Waals surface area contributed by atoms with Gasteiger partial charge in [0.2, 0.25) is 5.91 Å². The van der Waals surface area contributed by atoms with Crippen LogP contribution >= 0.6 is 0 Å². The molecule has 2 unspecified atom stereocenters. The molecule has 0 aromatic heterocycles. The van der Waals surface area contributed by atoms with Crippen molar-refractivity contribution in [2.24, 2.45) is 5.92 Å². The molecule has 4 heteroatoms. The van der Waals surface area contributed by atoms with Crippen LogP contribution in [0.1, 0.15) is 19.8 Å². The predicted octanol–water partition coefficient (Wildman–Crippen LogP) is 0.233. The Morgan fingerprint density at radius 1 is 1.53 bits per heavy atom. The molecule has 0 spiro atoms. The highest BCUT2D eigenvalue weighted by atomic mass is 16.5. The summed E-state index contributed by atoms with van der Waals surface area (Å²) < 4.78 is 5.15. The van der Waals surface area contributed by atoms with E-state index in [9.17, 15) is 4.79 Å². The largest absolute Gasteiger partial charge is 0.372 e. The number of likely N-dealkylation sites (tertiary alicyclic amines) is 1. The molecular formula is C11H20N2O2. The summed E-state index contributed by atoms with van der Waals surface area (Å²) in [6, 6.07) is 0.654. The minimum atomic E-state index is 0.155. The van der Waals surface area contributed by atoms with Crippen molar-refractivity contribution in [3.63, 3.8) is 0 Å². The SMILES string of the molecule is CCOCC(=O)N1CCC2NCCC2C1. The monoisotopic (exact) mass is 212 g/mol. The third kappa shape index (κ3) is 2.49. The van der Waals surface area contributed by atoms with Crippen molar-refractivity contribution in [2.45, 2.75) is 25.8 Å². The molecule has 2 heterocycles. The zero-order valence-corrected chi connectivity index (χ0v) is 9.37. The molecule has 0 aromatic carbocycles. The summed E-state index contributed by atoms with van der Waals surface area (Å²) >= 11 is 0. The van der Waals surface area contributed by atoms with Crippen LogP contribution in [-0.4, -0.2) is 49.7 Å². The Bertz CT molecular complexity index is 233. The fraction of sp³-hybridized carbons (Fsp3) is 0.909. The van der Waals surface area contributed by atoms with Gasteiger partial charge in [-0.1, -0.05) is 0 Å². The number of amides is 1. The average molecular weight is 212 g/mol. The summed E-state index contributed by atoms with van der Waals surface area (Å²) in [4.78, 5) is 13.7. The van der Waals surface area contributed by atoms with E-state index in [2.05, 4.69) is 5.32 Å². The van der Waals surface area contributed by atoms with Crippen LogP contribution in [0.5, 0.6) is 0 Å². The zero-order chi connectivity index (χ0) is 10.7. The Morgan fingerprint density at radius 2 is 2.40 bits per heavy atom. The molecular weight excluding hydrogens is 192 g/mol. The molecule has 0 radical (unpaired) electrons. The Labute approximate surface area is 91.0 Å². The zero-order valence-electron chi connectivity index (χ0n) is 9.37. The second-order valence-corrected chi connectivity index (χ2v) is 4.37. The highest BCUT2D eigenvalue weighted by Gasteiger charge is 2.33. The number of rotatable bonds is 3. The highest BCUT2D eigenvalue weighted by molar-refractivity contribution is 5.77. The van der Waals surface area contributed by atoms with Crippen LogP contribution in [0.3, 0.4) is 0 Å². The number of carbonyl (C=O) groups excluding carboxylic acids is 1. The van der Waals surface area contributed by atoms with E-state index in [4.69, 9.17) is 4.74 Å². The van der Waals surface area contributed by atoms with E-state index >= 15 is 0 Å². The summed E-state index contributed by atoms with van der Waals surface area (Å²) in [6.45, 7) is 5.71. The summed E-state index contributed by atoms with van der Waals surface area (Å²) in [7, 11) is 0. The second-order valence-electron chi connectivity index (χ2n) is 4.37. The van der Waals surface area contributed by atoms with Gasteiger partial charge in [-0.2, -0.15) is 0 Å². The number of nitrogens with one attached hydrogen (secondary N) is 1. The minimum Gasteiger partial charge on any atom is -0.372 e. The molecule has 86 valence electrons. The Balaban J connectivity index is 1.81. The van der Waals surface area contributed by atoms with Gasteiger partial charge in [0.1, 0.15) is 6.61 Å². The molecule has 2 fully saturated rings. The first kappa shape index (κ1) is 10.9. The van der Waals surface area contributed by atoms with Gasteiger partial charge in [0.25, 0.3) is 0 Å². The number of ether oxygens (including phenoxy) is 1. The Morgan fingerprint density at radius 3 is 3.20 bits per heavy atom. The Hall–Kier alpha value is -0.610. The number of hydrogen-bond acceptors (Lipinski definition) is 3. The van der Waals surface area contributed by atoms with Gasteiger partial charge in [-0.05, 0) is 32.2 Å². The molecule has 2 rings (SSSR count). The van der Waals surface area contributed by atoms with Gasteiger partial charge >= 0.3 is 0 Å². The van der Waals surface area contributed by atoms with Crippen molar-refractivity contribution in [2.75, 3.05) is 32.8 Å². The quantitative estimate of drug-likeness (QED) is 0.728. The number of fused-ring (bicyclic) bond motifs is 1. The standard InChI is InChI=1S/C11H20N2O2/c1-2-15-8-11(14)13-6-4-10-9(7-13)3-5-12-10/h9-10,12H,2-8H2,1H3. The van der Waals surface area contributed by atoms with Crippen molar-refractivity contribution in [3.05, 3.63) is 0 Å². The van der Waals surface area contributed by atoms with Crippen LogP contribution in [0.15, 0.2) is 0 Å². The fourth-order valence-electron chi connectivity index (χ4n) is 2.55. The maximum Gasteiger partial charge on any atom is 0.248 e. The maximum atomic E-state index is 11.7. The second kappa shape index (κ2) is 4.94. The lowest BCUT2D eigenvalue weighted by Gasteiger charge is -2.34. The molecule has 0 saturated carbocycles. The van der Waals surface area contributed by atoms with E-state index < -0.39 is 0 Å². The van der Waals surface area contributed by atoms with Gasteiger partial charge in [-0.15, -0.1) is 0 Å². The molecule has 0 aromatic rings. The third-order valence-corrected chi connectivity index (χ3v) is 3.44. The number of hydrogen-bond donors (Lipinski definition) is 1. The molecule has 2 atom stereocenters. The molecule has 2 aliphatic rings. The topological polar surface area (TPSA) is 41.6 Å². The lowest BCUT2D eigenvalue weighted by atomic mass is 9.93. The summed E-state index contributed by atoms with van der Waals surface area (Å²) in [5.74, 6) is 0.825. The van der Waals surface area contributed by atoms with E-state index in [1.165, 1.54) is 6.42 Å². The van der Waals surface area contributed by atoms with Crippen molar-refractivity contribution >= 4 is 5.91 Å². The van der Waals surface area contributed by atoms with Crippen LogP contribution in [0.2, 0.25) is 0 Å². The van der Waals surface area contributed by atoms with Crippen LogP contribution in [0.25, 0.3) is 0 Å². The first-order chi connectivity index (χ1) is 7.31. The Kier molecular flexibility index (Phi) is 3.59. The molecule has 15 heavy (non-hydrogen) atoms. The molecule has 4 nitrogen and oxygen atoms in total. The van der Waals surface area contributed by atoms with Crippen LogP contribution < -0.4 is 5.32 Å². The summed E-state index contributed by atoms with van der Waals surface area (Å²) in [5, 5.41) is 3.49. The molecule has 1 amide bonds. The van der Waals surface area contributed by atoms with Gasteiger partial charge in [-0.25, -0.2) is 0 Å². The number of carbonyl (C=O) groups is 1. The van der Waals surface area contributed by atoms with Gasteiger partial charge in [0.15, 0.2) is 0 Å². The van der Waals surface area contributed by atoms with Gasteiger partial charge in [0, 0.05) is 25.7 Å². The number of nitrogens with zero attached hydrogens (tertiary/aromatic N) is 1. The first-order valence-electron chi connectivity index (χ1n) is 5.90. The maximum absolute atomic E-state index is 11.7. The van der Waals surface area contributed by atoms with E-state index in [-0.39, 0.29) is 12.5 Å². The molecule has 0 bridgehead atoms. The van der Waals surface area contributed by atoms with Gasteiger partial charge in [-0.3, -0.25) is 4.79 Å². The van der Waals surface area contributed by atoms with Gasteiger partial charge in [0.05, 0.1) is 0 Å². The van der Waals surface area contributed by atoms with Gasteiger partial charge < -0.3 is 15.0 Å². The van der Waals surface area contributed by atoms with Crippen molar-refractivity contribution in [1.82, 2.24) is 10.2 Å². The smallest absolute Gasteiger partial charge is 0.248 e. The van der Waals surface area contributed by atoms with Crippen molar-refractivity contribution in [1.29, 1.82) is 0 Å². The highest BCUT2D eigenvalue weighted by Crippen LogP contribution is 2.24. The van der Waals surface area contributed by atoms with Crippen LogP contribution in [-0.2, 0) is 9.53 Å². The lowest BCUT2D eigenvalue weighted by molar-refractivity contribution is -0.137. The molecule has 0 aliphatic carbocycles. The molecule has 1 N–H and O–H groups in total. The lowest BCUT2D eigenvalue weighted by Crippen LogP contribution is -2.47. The summed E-state index contributed by atoms with van der Waals surface area (Å²) in [5.41, 5.74) is 0. The third-order valence-electron chi connectivity index (χ3n) is 3.44. The average Bonchev–Trinajstić information content (AvgIpc) is 2.72. The van der Waals surface area contributed by atoms with E-state index in [1.807, 2.05) is 11.8 Å². The minimum absolute atomic E-state index is 0.155. The predicted molar refractivity (Wildman–Crippen MR) is 57.6 cm³/mol. The first-order valence-corrected chi connectivity index (χ1v) is 5.90. The van der Waals surface area contributed by atoms with E-state index in [0.29, 0.717) is 18.6 Å². The van der Waals surface area contributed by atoms with Crippen LogP contribution in [0, 0.1) is 5.92 Å². The van der Waals surface area contributed by atoms with E-state index in [0.717, 1.165) is 26.1 Å². The normalized spacial score (nSPS) is 30.3. The number of piperidine rings is 1. The fourth-order valence-corrected chi connectivity index (χ4v) is 2.55. The molecule has 2 saturated heterocycles. The molecule has 2 aliphatic heterocycles. The van der Waals surface area contributed by atoms with Crippen molar-refractivity contribution in [3.8, 4) is 0 Å². The van der Waals surface area contributed by atoms with E-state index in [1.54, 1.807) is 0 Å². The van der Waals surface area contributed by atoms with Crippen LogP contribution in [0.4, 0.5) is 0 Å².